The largest absolute Gasteiger partial charge is 0.330 e. The fraction of sp³-hybridized carbons (Fsp3) is 0.381. The van der Waals surface area contributed by atoms with Gasteiger partial charge in [-0.25, -0.2) is 14.7 Å². The van der Waals surface area contributed by atoms with Crippen molar-refractivity contribution in [2.45, 2.75) is 31.8 Å². The van der Waals surface area contributed by atoms with E-state index in [-0.39, 0.29) is 18.0 Å². The molecule has 2 atom stereocenters. The van der Waals surface area contributed by atoms with Crippen LogP contribution in [0.4, 0.5) is 22.0 Å². The van der Waals surface area contributed by atoms with E-state index in [1.165, 1.54) is 0 Å². The molecule has 7 heteroatoms. The molecule has 1 saturated heterocycles. The van der Waals surface area contributed by atoms with Crippen LogP contribution >= 0.6 is 0 Å². The summed E-state index contributed by atoms with van der Waals surface area (Å²) in [6.45, 7) is 3.14. The maximum absolute atomic E-state index is 13.6. The first kappa shape index (κ1) is 18.4. The number of nitrogens with one attached hydrogen (secondary N) is 1. The van der Waals surface area contributed by atoms with Gasteiger partial charge < -0.3 is 15.1 Å². The summed E-state index contributed by atoms with van der Waals surface area (Å²) in [5, 5.41) is 2.87. The topological polar surface area (TPSA) is 68.8 Å². The number of piperidine rings is 1. The van der Waals surface area contributed by atoms with Gasteiger partial charge in [0.05, 0.1) is 16.9 Å². The van der Waals surface area contributed by atoms with E-state index >= 15 is 0 Å². The molecule has 0 radical (unpaired) electrons. The lowest BCUT2D eigenvalue weighted by atomic mass is 9.98. The number of rotatable bonds is 1. The Morgan fingerprint density at radius 2 is 2.04 bits per heavy atom. The molecule has 0 saturated carbocycles. The van der Waals surface area contributed by atoms with E-state index in [1.54, 1.807) is 46.3 Å². The number of amides is 3. The maximum atomic E-state index is 13.6. The quantitative estimate of drug-likeness (QED) is 0.825. The van der Waals surface area contributed by atoms with Crippen molar-refractivity contribution in [2.75, 3.05) is 30.9 Å². The second-order valence-corrected chi connectivity index (χ2v) is 7.58. The Labute approximate surface area is 164 Å². The second-order valence-electron chi connectivity index (χ2n) is 7.58. The van der Waals surface area contributed by atoms with Crippen molar-refractivity contribution < 1.29 is 9.59 Å². The lowest BCUT2D eigenvalue weighted by Gasteiger charge is -2.40. The van der Waals surface area contributed by atoms with Gasteiger partial charge in [-0.3, -0.25) is 4.79 Å². The van der Waals surface area contributed by atoms with Gasteiger partial charge in [0.2, 0.25) is 0 Å². The number of benzene rings is 1. The smallest absolute Gasteiger partial charge is 0.324 e. The second kappa shape index (κ2) is 7.24. The van der Waals surface area contributed by atoms with Gasteiger partial charge in [-0.2, -0.15) is 0 Å². The van der Waals surface area contributed by atoms with Crippen LogP contribution in [-0.4, -0.2) is 59.4 Å². The first-order valence-electron chi connectivity index (χ1n) is 9.60. The normalized spacial score (nSPS) is 22.0. The van der Waals surface area contributed by atoms with Crippen LogP contribution in [0.1, 0.15) is 30.1 Å². The summed E-state index contributed by atoms with van der Waals surface area (Å²) < 4.78 is 0. The molecule has 1 aromatic heterocycles. The van der Waals surface area contributed by atoms with Crippen LogP contribution in [-0.2, 0) is 0 Å². The van der Waals surface area contributed by atoms with Crippen LogP contribution in [0, 0.1) is 0 Å². The molecule has 3 amide bonds. The molecule has 146 valence electrons. The number of anilines is 3. The van der Waals surface area contributed by atoms with Crippen LogP contribution in [0.3, 0.4) is 0 Å². The van der Waals surface area contributed by atoms with Gasteiger partial charge in [0, 0.05) is 31.9 Å². The molecule has 0 bridgehead atoms. The van der Waals surface area contributed by atoms with E-state index < -0.39 is 0 Å². The van der Waals surface area contributed by atoms with E-state index in [1.807, 2.05) is 13.1 Å². The molecule has 2 aliphatic heterocycles. The predicted octanol–water partition coefficient (Wildman–Crippen LogP) is 3.32. The number of urea groups is 1. The Bertz CT molecular complexity index is 915. The lowest BCUT2D eigenvalue weighted by Crippen LogP contribution is -2.51. The van der Waals surface area contributed by atoms with Crippen molar-refractivity contribution in [2.24, 2.45) is 0 Å². The number of fused-ring (bicyclic) bond motifs is 2. The molecule has 1 aromatic carbocycles. The highest BCUT2D eigenvalue weighted by Crippen LogP contribution is 2.37. The highest BCUT2D eigenvalue weighted by Gasteiger charge is 2.35. The minimum atomic E-state index is -0.240. The lowest BCUT2D eigenvalue weighted by molar-refractivity contribution is 0.102. The van der Waals surface area contributed by atoms with Crippen LogP contribution in [0.5, 0.6) is 0 Å². The average molecular weight is 379 g/mol. The maximum Gasteiger partial charge on any atom is 0.330 e. The van der Waals surface area contributed by atoms with Gasteiger partial charge in [-0.1, -0.05) is 12.1 Å². The van der Waals surface area contributed by atoms with Crippen LogP contribution in [0.2, 0.25) is 0 Å². The molecule has 2 aliphatic rings. The van der Waals surface area contributed by atoms with Crippen molar-refractivity contribution in [1.82, 2.24) is 14.8 Å². The van der Waals surface area contributed by atoms with Crippen molar-refractivity contribution in [3.8, 4) is 0 Å². The summed E-state index contributed by atoms with van der Waals surface area (Å²) in [4.78, 5) is 36.4. The van der Waals surface area contributed by atoms with Crippen molar-refractivity contribution in [3.05, 3.63) is 48.2 Å². The van der Waals surface area contributed by atoms with Gasteiger partial charge >= 0.3 is 6.03 Å². The van der Waals surface area contributed by atoms with E-state index in [0.717, 1.165) is 19.4 Å². The van der Waals surface area contributed by atoms with Crippen LogP contribution < -0.4 is 10.2 Å². The fourth-order valence-corrected chi connectivity index (χ4v) is 3.96. The van der Waals surface area contributed by atoms with Crippen molar-refractivity contribution in [1.29, 1.82) is 0 Å². The summed E-state index contributed by atoms with van der Waals surface area (Å²) >= 11 is 0. The fourth-order valence-electron chi connectivity index (χ4n) is 3.96. The number of pyridine rings is 1. The standard InChI is InChI=1S/C21H25N5O2/c1-14-13-15(10-12-24(14)2)25(3)21(28)26-18-9-5-4-7-16(18)20(27)23-17-8-6-11-22-19(17)26/h4-9,11,14-15H,10,12-13H2,1-3H3,(H,23,27)/t14-,15+/m0/s1. The monoisotopic (exact) mass is 379 g/mol. The molecule has 3 heterocycles. The first-order valence-corrected chi connectivity index (χ1v) is 9.60. The number of nitrogens with zero attached hydrogens (tertiary/aromatic N) is 4. The van der Waals surface area contributed by atoms with Crippen molar-refractivity contribution >= 4 is 29.1 Å². The molecule has 0 aliphatic carbocycles. The average Bonchev–Trinajstić information content (AvgIpc) is 2.83. The Morgan fingerprint density at radius 3 is 2.82 bits per heavy atom. The molecular weight excluding hydrogens is 354 g/mol. The molecular formula is C21H25N5O2. The molecule has 0 spiro atoms. The summed E-state index contributed by atoms with van der Waals surface area (Å²) in [5.41, 5.74) is 1.54. The zero-order valence-electron chi connectivity index (χ0n) is 16.4. The number of aromatic nitrogens is 1. The van der Waals surface area contributed by atoms with Crippen LogP contribution in [0.15, 0.2) is 42.6 Å². The van der Waals surface area contributed by atoms with E-state index in [0.29, 0.717) is 28.8 Å². The number of likely N-dealkylation sites (tertiary alicyclic amines) is 1. The summed E-state index contributed by atoms with van der Waals surface area (Å²) in [5.74, 6) is 0.203. The third kappa shape index (κ3) is 3.11. The highest BCUT2D eigenvalue weighted by molar-refractivity contribution is 6.16. The third-order valence-corrected chi connectivity index (χ3v) is 5.86. The predicted molar refractivity (Wildman–Crippen MR) is 109 cm³/mol. The number of hydrogen-bond donors (Lipinski definition) is 1. The van der Waals surface area contributed by atoms with Gasteiger partial charge in [0.25, 0.3) is 5.91 Å². The zero-order chi connectivity index (χ0) is 19.8. The summed E-state index contributed by atoms with van der Waals surface area (Å²) in [6, 6.07) is 11.1. The molecule has 28 heavy (non-hydrogen) atoms. The minimum Gasteiger partial charge on any atom is -0.324 e. The van der Waals surface area contributed by atoms with Crippen molar-refractivity contribution in [3.63, 3.8) is 0 Å². The summed E-state index contributed by atoms with van der Waals surface area (Å²) in [6.07, 6.45) is 3.47. The van der Waals surface area contributed by atoms with E-state index in [2.05, 4.69) is 29.2 Å². The first-order chi connectivity index (χ1) is 13.5. The molecule has 7 nitrogen and oxygen atoms in total. The molecule has 1 N–H and O–H groups in total. The van der Waals surface area contributed by atoms with E-state index in [9.17, 15) is 9.59 Å². The minimum absolute atomic E-state index is 0.143. The number of carbonyl (C=O) groups is 2. The van der Waals surface area contributed by atoms with Gasteiger partial charge in [0.1, 0.15) is 0 Å². The number of hydrogen-bond acceptors (Lipinski definition) is 4. The van der Waals surface area contributed by atoms with Gasteiger partial charge in [0.15, 0.2) is 5.82 Å². The van der Waals surface area contributed by atoms with Gasteiger partial charge in [-0.05, 0) is 51.1 Å². The molecule has 2 aromatic rings. The summed E-state index contributed by atoms with van der Waals surface area (Å²) in [7, 11) is 3.96. The molecule has 1 fully saturated rings. The Balaban J connectivity index is 1.75. The third-order valence-electron chi connectivity index (χ3n) is 5.86. The molecule has 4 rings (SSSR count). The molecule has 0 unspecified atom stereocenters. The van der Waals surface area contributed by atoms with Gasteiger partial charge in [-0.15, -0.1) is 0 Å². The van der Waals surface area contributed by atoms with E-state index in [4.69, 9.17) is 0 Å². The Hall–Kier alpha value is -2.93. The van der Waals surface area contributed by atoms with Crippen LogP contribution in [0.25, 0.3) is 0 Å². The number of para-hydroxylation sites is 1. The Morgan fingerprint density at radius 1 is 1.25 bits per heavy atom. The number of carbonyl (C=O) groups excluding carboxylic acids is 2. The Kier molecular flexibility index (Phi) is 4.77. The highest BCUT2D eigenvalue weighted by atomic mass is 16.2. The SMILES string of the molecule is C[C@H]1C[C@H](N(C)C(=O)N2c3ccccc3C(=O)Nc3cccnc32)CCN1C. The zero-order valence-corrected chi connectivity index (χ0v) is 16.4.